The number of aliphatic hydroxyl groups excluding tert-OH is 2. The van der Waals surface area contributed by atoms with Gasteiger partial charge in [-0.25, -0.2) is 13.9 Å². The Morgan fingerprint density at radius 1 is 1.22 bits per heavy atom. The molecule has 13 nitrogen and oxygen atoms in total. The summed E-state index contributed by atoms with van der Waals surface area (Å²) in [5.74, 6) is -1.77. The highest BCUT2D eigenvalue weighted by molar-refractivity contribution is 7.70. The molecule has 6 N–H and O–H groups in total. The van der Waals surface area contributed by atoms with Crippen molar-refractivity contribution in [2.45, 2.75) is 37.4 Å². The van der Waals surface area contributed by atoms with Gasteiger partial charge < -0.3 is 39.5 Å². The van der Waals surface area contributed by atoms with E-state index >= 15 is 0 Å². The van der Waals surface area contributed by atoms with Crippen molar-refractivity contribution >= 4 is 38.1 Å². The molecule has 0 amide bonds. The number of hydrogen-bond donors (Lipinski definition) is 6. The summed E-state index contributed by atoms with van der Waals surface area (Å²) in [6.45, 7) is 1.12. The molecule has 202 valence electrons. The van der Waals surface area contributed by atoms with Crippen LogP contribution in [0, 0.1) is 5.82 Å². The first-order valence-corrected chi connectivity index (χ1v) is 14.8. The lowest BCUT2D eigenvalue weighted by molar-refractivity contribution is -0.0204. The van der Waals surface area contributed by atoms with Gasteiger partial charge >= 0.3 is 15.2 Å². The molecule has 0 radical (unpaired) electrons. The zero-order valence-corrected chi connectivity index (χ0v) is 21.7. The first-order chi connectivity index (χ1) is 17.2. The molecule has 0 aliphatic carbocycles. The van der Waals surface area contributed by atoms with Crippen molar-refractivity contribution < 1.29 is 47.7 Å². The quantitative estimate of drug-likeness (QED) is 0.202. The van der Waals surface area contributed by atoms with Crippen molar-refractivity contribution in [3.63, 3.8) is 0 Å². The summed E-state index contributed by atoms with van der Waals surface area (Å²) in [5, 5.41) is 28.5. The van der Waals surface area contributed by atoms with Crippen LogP contribution in [0.1, 0.15) is 30.3 Å². The van der Waals surface area contributed by atoms with Gasteiger partial charge in [0, 0.05) is 12.1 Å². The lowest BCUT2D eigenvalue weighted by atomic mass is 10.1. The second kappa shape index (κ2) is 10.7. The highest BCUT2D eigenvalue weighted by Gasteiger charge is 2.46. The summed E-state index contributed by atoms with van der Waals surface area (Å²) in [4.78, 5) is 31.8. The molecule has 2 aromatic heterocycles. The van der Waals surface area contributed by atoms with E-state index in [0.29, 0.717) is 11.3 Å². The van der Waals surface area contributed by atoms with E-state index in [4.69, 9.17) is 30.6 Å². The monoisotopic (exact) mass is 580 g/mol. The SMILES string of the molecule is C[C@H](Nc1cc(Cl)nn2c([C@@H]3O[C@H](COP(=O)(O)CP(=O)(O)O)[C@@H](O)[C@H]3O)cnc12)c1ccc(F)cc1. The van der Waals surface area contributed by atoms with Crippen LogP contribution in [-0.2, 0) is 18.4 Å². The minimum Gasteiger partial charge on any atom is -0.387 e. The molecule has 37 heavy (non-hydrogen) atoms. The molecule has 3 heterocycles. The number of halogens is 2. The zero-order valence-electron chi connectivity index (χ0n) is 19.1. The summed E-state index contributed by atoms with van der Waals surface area (Å²) in [6, 6.07) is 7.18. The number of aliphatic hydroxyl groups is 2. The molecule has 1 aromatic carbocycles. The van der Waals surface area contributed by atoms with Crippen LogP contribution in [-0.4, -0.2) is 70.3 Å². The molecule has 0 saturated carbocycles. The van der Waals surface area contributed by atoms with Crippen LogP contribution < -0.4 is 5.32 Å². The Bertz CT molecular complexity index is 1370. The summed E-state index contributed by atoms with van der Waals surface area (Å²) < 4.78 is 47.9. The van der Waals surface area contributed by atoms with E-state index in [1.807, 2.05) is 6.92 Å². The Labute approximate surface area is 214 Å². The largest absolute Gasteiger partial charge is 0.387 e. The van der Waals surface area contributed by atoms with Crippen LogP contribution >= 0.6 is 26.8 Å². The van der Waals surface area contributed by atoms with Crippen LogP contribution in [0.5, 0.6) is 0 Å². The molecule has 3 aromatic rings. The minimum atomic E-state index is -4.84. The van der Waals surface area contributed by atoms with Crippen molar-refractivity contribution in [2.75, 3.05) is 17.8 Å². The maximum atomic E-state index is 13.3. The molecular weight excluding hydrogens is 557 g/mol. The standard InChI is InChI=1S/C20H24ClFN4O9P2/c1-10(11-2-4-12(22)5-3-11)24-13-6-16(21)25-26-14(7-23-20(13)26)19-18(28)17(27)15(35-19)8-34-37(32,33)9-36(29,30)31/h2-7,10,15,17-19,24,27-28H,8-9H2,1H3,(H,32,33)(H2,29,30,31)/t10-,15+,17+,18+,19-/m0/s1. The molecule has 1 unspecified atom stereocenters. The van der Waals surface area contributed by atoms with Crippen LogP contribution in [0.2, 0.25) is 5.15 Å². The minimum absolute atomic E-state index is 0.0622. The smallest absolute Gasteiger partial charge is 0.340 e. The fraction of sp³-hybridized carbons (Fsp3) is 0.400. The molecule has 0 spiro atoms. The van der Waals surface area contributed by atoms with E-state index in [9.17, 15) is 28.6 Å². The molecule has 4 rings (SSSR count). The normalized spacial score (nSPS) is 24.8. The Hall–Kier alpha value is -1.96. The van der Waals surface area contributed by atoms with Crippen molar-refractivity contribution in [2.24, 2.45) is 0 Å². The molecule has 1 fully saturated rings. The highest BCUT2D eigenvalue weighted by Crippen LogP contribution is 2.55. The van der Waals surface area contributed by atoms with Gasteiger partial charge in [0.25, 0.3) is 0 Å². The summed E-state index contributed by atoms with van der Waals surface area (Å²) in [7, 11) is -9.54. The van der Waals surface area contributed by atoms with Gasteiger partial charge in [-0.2, -0.15) is 5.10 Å². The van der Waals surface area contributed by atoms with Crippen LogP contribution in [0.15, 0.2) is 36.5 Å². The second-order valence-corrected chi connectivity index (χ2v) is 12.9. The summed E-state index contributed by atoms with van der Waals surface area (Å²) in [5.41, 5.74) is 1.76. The third kappa shape index (κ3) is 6.55. The number of nitrogens with one attached hydrogen (secondary N) is 1. The number of ether oxygens (including phenoxy) is 1. The van der Waals surface area contributed by atoms with Gasteiger partial charge in [0.2, 0.25) is 0 Å². The predicted octanol–water partition coefficient (Wildman–Crippen LogP) is 2.19. The van der Waals surface area contributed by atoms with Gasteiger partial charge in [-0.3, -0.25) is 9.13 Å². The van der Waals surface area contributed by atoms with E-state index in [-0.39, 0.29) is 22.7 Å². The van der Waals surface area contributed by atoms with Gasteiger partial charge in [0.15, 0.2) is 16.7 Å². The molecule has 1 aliphatic heterocycles. The van der Waals surface area contributed by atoms with E-state index in [0.717, 1.165) is 5.56 Å². The Morgan fingerprint density at radius 3 is 2.54 bits per heavy atom. The predicted molar refractivity (Wildman–Crippen MR) is 129 cm³/mol. The number of anilines is 1. The third-order valence-electron chi connectivity index (χ3n) is 5.66. The van der Waals surface area contributed by atoms with Crippen LogP contribution in [0.4, 0.5) is 10.1 Å². The third-order valence-corrected chi connectivity index (χ3v) is 9.30. The number of nitrogens with zero attached hydrogens (tertiary/aromatic N) is 3. The number of fused-ring (bicyclic) bond motifs is 1. The number of imidazole rings is 1. The van der Waals surface area contributed by atoms with Gasteiger partial charge in [0.05, 0.1) is 24.2 Å². The van der Waals surface area contributed by atoms with Crippen LogP contribution in [0.25, 0.3) is 5.65 Å². The van der Waals surface area contributed by atoms with Crippen LogP contribution in [0.3, 0.4) is 0 Å². The Morgan fingerprint density at radius 2 is 1.89 bits per heavy atom. The maximum Gasteiger partial charge on any atom is 0.340 e. The van der Waals surface area contributed by atoms with E-state index in [1.165, 1.54) is 28.9 Å². The molecule has 6 atom stereocenters. The number of benzene rings is 1. The first-order valence-electron chi connectivity index (χ1n) is 10.8. The average molecular weight is 581 g/mol. The molecule has 1 aliphatic rings. The van der Waals surface area contributed by atoms with Crippen molar-refractivity contribution in [3.8, 4) is 0 Å². The average Bonchev–Trinajstić information content (AvgIpc) is 3.32. The number of rotatable bonds is 9. The number of hydrogen-bond acceptors (Lipinski definition) is 9. The first kappa shape index (κ1) is 28.1. The van der Waals surface area contributed by atoms with Gasteiger partial charge in [-0.15, -0.1) is 0 Å². The highest BCUT2D eigenvalue weighted by atomic mass is 35.5. The lowest BCUT2D eigenvalue weighted by Crippen LogP contribution is -2.33. The van der Waals surface area contributed by atoms with Crippen molar-refractivity contribution in [1.29, 1.82) is 0 Å². The number of aromatic nitrogens is 3. The van der Waals surface area contributed by atoms with E-state index < -0.39 is 52.1 Å². The maximum absolute atomic E-state index is 13.3. The molecular formula is C20H24ClFN4O9P2. The van der Waals surface area contributed by atoms with Gasteiger partial charge in [-0.1, -0.05) is 23.7 Å². The zero-order chi connectivity index (χ0) is 27.1. The second-order valence-electron chi connectivity index (χ2n) is 8.53. The van der Waals surface area contributed by atoms with Crippen molar-refractivity contribution in [1.82, 2.24) is 14.6 Å². The molecule has 0 bridgehead atoms. The molecule has 17 heteroatoms. The fourth-order valence-electron chi connectivity index (χ4n) is 3.92. The summed E-state index contributed by atoms with van der Waals surface area (Å²) >= 11 is 6.21. The van der Waals surface area contributed by atoms with E-state index in [1.54, 1.807) is 12.1 Å². The Balaban J connectivity index is 1.55. The van der Waals surface area contributed by atoms with Gasteiger partial charge in [-0.05, 0) is 24.6 Å². The topological polar surface area (TPSA) is 196 Å². The summed E-state index contributed by atoms with van der Waals surface area (Å²) in [6.07, 6.45) is -4.25. The van der Waals surface area contributed by atoms with Gasteiger partial charge in [0.1, 0.15) is 30.2 Å². The van der Waals surface area contributed by atoms with E-state index in [2.05, 4.69) is 15.4 Å². The Kier molecular flexibility index (Phi) is 8.08. The molecule has 1 saturated heterocycles. The fourth-order valence-corrected chi connectivity index (χ4v) is 6.67. The lowest BCUT2D eigenvalue weighted by Gasteiger charge is -2.18. The van der Waals surface area contributed by atoms with Crippen molar-refractivity contribution in [3.05, 3.63) is 58.8 Å².